The van der Waals surface area contributed by atoms with E-state index in [4.69, 9.17) is 16.3 Å². The maximum atomic E-state index is 11.5. The molecule has 2 nitrogen and oxygen atoms in total. The Balaban J connectivity index is 1.95. The summed E-state index contributed by atoms with van der Waals surface area (Å²) in [5, 5.41) is -0.199. The first-order valence-corrected chi connectivity index (χ1v) is 9.69. The van der Waals surface area contributed by atoms with Crippen LogP contribution in [0.4, 0.5) is 0 Å². The largest absolute Gasteiger partial charge is 0.466 e. The molecule has 22 heavy (non-hydrogen) atoms. The molecule has 0 aliphatic heterocycles. The van der Waals surface area contributed by atoms with Crippen molar-refractivity contribution in [2.24, 2.45) is 0 Å². The summed E-state index contributed by atoms with van der Waals surface area (Å²) >= 11 is 8.72. The fourth-order valence-corrected chi connectivity index (χ4v) is 4.50. The molecule has 1 aromatic rings. The van der Waals surface area contributed by atoms with Crippen molar-refractivity contribution in [1.29, 1.82) is 0 Å². The smallest absolute Gasteiger partial charge is 0.307 e. The van der Waals surface area contributed by atoms with E-state index < -0.39 is 0 Å². The number of carbonyl (C=O) groups is 1. The van der Waals surface area contributed by atoms with Gasteiger partial charge in [0.25, 0.3) is 0 Å². The van der Waals surface area contributed by atoms with E-state index in [-0.39, 0.29) is 17.8 Å². The Bertz CT molecular complexity index is 498. The zero-order valence-corrected chi connectivity index (χ0v) is 16.0. The average Bonchev–Trinajstić information content (AvgIpc) is 2.48. The molecule has 0 saturated heterocycles. The van der Waals surface area contributed by atoms with Crippen molar-refractivity contribution < 1.29 is 9.53 Å². The van der Waals surface area contributed by atoms with E-state index in [0.717, 1.165) is 5.92 Å². The second-order valence-corrected chi connectivity index (χ2v) is 7.78. The maximum Gasteiger partial charge on any atom is 0.307 e. The second kappa shape index (κ2) is 9.11. The van der Waals surface area contributed by atoms with E-state index >= 15 is 0 Å². The molecular formula is C18H24ClIO2. The van der Waals surface area contributed by atoms with E-state index in [1.54, 1.807) is 0 Å². The Morgan fingerprint density at radius 1 is 1.36 bits per heavy atom. The van der Waals surface area contributed by atoms with Crippen molar-refractivity contribution in [3.05, 3.63) is 32.9 Å². The highest BCUT2D eigenvalue weighted by molar-refractivity contribution is 14.1. The standard InChI is InChI=1S/C18H24ClIO2/c1-2-22-18(21)12-15(19)10-13-8-9-16(17(20)11-13)14-6-4-3-5-7-14/h8-9,11,14-15H,2-7,10,12H2,1H3. The lowest BCUT2D eigenvalue weighted by Gasteiger charge is -2.23. The van der Waals surface area contributed by atoms with E-state index in [9.17, 15) is 4.79 Å². The van der Waals surface area contributed by atoms with Gasteiger partial charge in [0.05, 0.1) is 13.0 Å². The Morgan fingerprint density at radius 3 is 2.73 bits per heavy atom. The summed E-state index contributed by atoms with van der Waals surface area (Å²) in [7, 11) is 0. The van der Waals surface area contributed by atoms with Crippen LogP contribution in [0.5, 0.6) is 0 Å². The summed E-state index contributed by atoms with van der Waals surface area (Å²) in [6.07, 6.45) is 7.70. The number of esters is 1. The molecule has 1 aromatic carbocycles. The van der Waals surface area contributed by atoms with Crippen LogP contribution in [0.25, 0.3) is 0 Å². The van der Waals surface area contributed by atoms with Gasteiger partial charge in [0.2, 0.25) is 0 Å². The molecule has 0 heterocycles. The zero-order chi connectivity index (χ0) is 15.9. The molecule has 1 atom stereocenters. The molecule has 1 saturated carbocycles. The summed E-state index contributed by atoms with van der Waals surface area (Å²) in [4.78, 5) is 11.5. The van der Waals surface area contributed by atoms with Crippen molar-refractivity contribution in [1.82, 2.24) is 0 Å². The molecule has 1 aliphatic carbocycles. The van der Waals surface area contributed by atoms with Gasteiger partial charge in [-0.05, 0) is 71.9 Å². The number of halogens is 2. The van der Waals surface area contributed by atoms with Crippen LogP contribution < -0.4 is 0 Å². The molecule has 0 N–H and O–H groups in total. The third-order valence-corrected chi connectivity index (χ3v) is 5.50. The molecule has 0 radical (unpaired) electrons. The minimum atomic E-state index is -0.212. The van der Waals surface area contributed by atoms with Crippen molar-refractivity contribution >= 4 is 40.2 Å². The Kier molecular flexibility index (Phi) is 7.48. The lowest BCUT2D eigenvalue weighted by atomic mass is 9.84. The molecule has 122 valence electrons. The van der Waals surface area contributed by atoms with Gasteiger partial charge in [0, 0.05) is 8.95 Å². The summed E-state index contributed by atoms with van der Waals surface area (Å²) < 4.78 is 6.28. The second-order valence-electron chi connectivity index (χ2n) is 6.00. The van der Waals surface area contributed by atoms with Crippen LogP contribution in [0.2, 0.25) is 0 Å². The number of hydrogen-bond donors (Lipinski definition) is 0. The zero-order valence-electron chi connectivity index (χ0n) is 13.1. The first-order valence-electron chi connectivity index (χ1n) is 8.18. The highest BCUT2D eigenvalue weighted by Gasteiger charge is 2.19. The number of benzene rings is 1. The van der Waals surface area contributed by atoms with Gasteiger partial charge < -0.3 is 4.74 Å². The van der Waals surface area contributed by atoms with E-state index in [1.807, 2.05) is 6.92 Å². The molecule has 0 amide bonds. The maximum absolute atomic E-state index is 11.5. The van der Waals surface area contributed by atoms with E-state index in [1.165, 1.54) is 46.8 Å². The summed E-state index contributed by atoms with van der Waals surface area (Å²) in [5.41, 5.74) is 2.69. The molecule has 1 aliphatic rings. The molecule has 1 unspecified atom stereocenters. The quantitative estimate of drug-likeness (QED) is 0.338. The van der Waals surface area contributed by atoms with Crippen LogP contribution >= 0.6 is 34.2 Å². The van der Waals surface area contributed by atoms with E-state index in [2.05, 4.69) is 40.8 Å². The Morgan fingerprint density at radius 2 is 2.09 bits per heavy atom. The molecule has 2 rings (SSSR count). The van der Waals surface area contributed by atoms with Gasteiger partial charge in [-0.3, -0.25) is 4.79 Å². The first kappa shape index (κ1) is 18.1. The lowest BCUT2D eigenvalue weighted by molar-refractivity contribution is -0.143. The van der Waals surface area contributed by atoms with Crippen LogP contribution in [-0.4, -0.2) is 18.0 Å². The van der Waals surface area contributed by atoms with Gasteiger partial charge in [-0.25, -0.2) is 0 Å². The molecule has 0 spiro atoms. The topological polar surface area (TPSA) is 26.3 Å². The van der Waals surface area contributed by atoms with Crippen LogP contribution in [0.1, 0.15) is 62.5 Å². The number of hydrogen-bond acceptors (Lipinski definition) is 2. The van der Waals surface area contributed by atoms with Gasteiger partial charge in [-0.1, -0.05) is 31.4 Å². The third kappa shape index (κ3) is 5.41. The van der Waals surface area contributed by atoms with Crippen LogP contribution in [0.3, 0.4) is 0 Å². The molecule has 0 aromatic heterocycles. The Hall–Kier alpha value is -0.290. The van der Waals surface area contributed by atoms with E-state index in [0.29, 0.717) is 13.0 Å². The average molecular weight is 435 g/mol. The van der Waals surface area contributed by atoms with Gasteiger partial charge in [-0.15, -0.1) is 11.6 Å². The van der Waals surface area contributed by atoms with Crippen LogP contribution in [0.15, 0.2) is 18.2 Å². The number of carbonyl (C=O) groups excluding carboxylic acids is 1. The summed E-state index contributed by atoms with van der Waals surface area (Å²) in [6, 6.07) is 6.67. The molecule has 4 heteroatoms. The number of rotatable bonds is 6. The normalized spacial score (nSPS) is 17.2. The molecular weight excluding hydrogens is 411 g/mol. The fraction of sp³-hybridized carbons (Fsp3) is 0.611. The van der Waals surface area contributed by atoms with Crippen molar-refractivity contribution in [2.75, 3.05) is 6.61 Å². The minimum Gasteiger partial charge on any atom is -0.466 e. The van der Waals surface area contributed by atoms with Crippen molar-refractivity contribution in [3.8, 4) is 0 Å². The SMILES string of the molecule is CCOC(=O)CC(Cl)Cc1ccc(C2CCCCC2)c(I)c1. The minimum absolute atomic E-state index is 0.199. The first-order chi connectivity index (χ1) is 10.6. The van der Waals surface area contributed by atoms with Gasteiger partial charge in [0.1, 0.15) is 0 Å². The number of ether oxygens (including phenoxy) is 1. The van der Waals surface area contributed by atoms with Crippen molar-refractivity contribution in [2.45, 2.75) is 63.2 Å². The Labute approximate surface area is 152 Å². The summed E-state index contributed by atoms with van der Waals surface area (Å²) in [5.74, 6) is 0.511. The van der Waals surface area contributed by atoms with Gasteiger partial charge in [-0.2, -0.15) is 0 Å². The van der Waals surface area contributed by atoms with Crippen LogP contribution in [0, 0.1) is 3.57 Å². The van der Waals surface area contributed by atoms with Crippen molar-refractivity contribution in [3.63, 3.8) is 0 Å². The van der Waals surface area contributed by atoms with Crippen LogP contribution in [-0.2, 0) is 16.0 Å². The monoisotopic (exact) mass is 434 g/mol. The van der Waals surface area contributed by atoms with Gasteiger partial charge >= 0.3 is 5.97 Å². The van der Waals surface area contributed by atoms with Gasteiger partial charge in [0.15, 0.2) is 0 Å². The highest BCUT2D eigenvalue weighted by atomic mass is 127. The highest BCUT2D eigenvalue weighted by Crippen LogP contribution is 2.35. The lowest BCUT2D eigenvalue weighted by Crippen LogP contribution is -2.14. The number of alkyl halides is 1. The predicted octanol–water partition coefficient (Wildman–Crippen LogP) is 5.44. The summed E-state index contributed by atoms with van der Waals surface area (Å²) in [6.45, 7) is 2.23. The fourth-order valence-electron chi connectivity index (χ4n) is 3.17. The predicted molar refractivity (Wildman–Crippen MR) is 99.6 cm³/mol. The molecule has 1 fully saturated rings. The third-order valence-electron chi connectivity index (χ3n) is 4.26. The molecule has 0 bridgehead atoms.